The minimum absolute atomic E-state index is 0.162. The summed E-state index contributed by atoms with van der Waals surface area (Å²) < 4.78 is 0.878. The number of amides is 2. The molecule has 2 aromatic rings. The van der Waals surface area contributed by atoms with Crippen LogP contribution in [0.3, 0.4) is 0 Å². The minimum atomic E-state index is -0.660. The molecule has 0 spiro atoms. The van der Waals surface area contributed by atoms with Crippen LogP contribution in [0.4, 0.5) is 5.69 Å². The molecule has 0 unspecified atom stereocenters. The maximum Gasteiger partial charge on any atom is 0.250 e. The highest BCUT2D eigenvalue weighted by Gasteiger charge is 2.10. The maximum absolute atomic E-state index is 12.0. The second-order valence-electron chi connectivity index (χ2n) is 4.40. The van der Waals surface area contributed by atoms with E-state index < -0.39 is 5.91 Å². The fraction of sp³-hybridized carbons (Fsp3) is 0. The van der Waals surface area contributed by atoms with Gasteiger partial charge in [0.15, 0.2) is 0 Å². The topological polar surface area (TPSA) is 72.2 Å². The van der Waals surface area contributed by atoms with Crippen molar-refractivity contribution in [2.24, 2.45) is 5.73 Å². The van der Waals surface area contributed by atoms with Crippen LogP contribution < -0.4 is 11.1 Å². The average Bonchev–Trinajstić information content (AvgIpc) is 2.48. The molecule has 2 rings (SSSR count). The third kappa shape index (κ3) is 4.19. The molecule has 0 aliphatic carbocycles. The number of halogens is 2. The molecule has 2 amide bonds. The zero-order chi connectivity index (χ0) is 16.1. The van der Waals surface area contributed by atoms with Gasteiger partial charge in [-0.15, -0.1) is 0 Å². The van der Waals surface area contributed by atoms with Crippen molar-refractivity contribution in [2.45, 2.75) is 0 Å². The number of carbonyl (C=O) groups excluding carboxylic acids is 2. The normalized spacial score (nSPS) is 10.6. The third-order valence-corrected chi connectivity index (χ3v) is 3.78. The fourth-order valence-corrected chi connectivity index (χ4v) is 2.37. The molecule has 0 aromatic heterocycles. The molecule has 0 aliphatic heterocycles. The van der Waals surface area contributed by atoms with Crippen molar-refractivity contribution in [3.8, 4) is 0 Å². The Labute approximate surface area is 141 Å². The van der Waals surface area contributed by atoms with Gasteiger partial charge in [-0.25, -0.2) is 0 Å². The highest BCUT2D eigenvalue weighted by atomic mass is 79.9. The summed E-state index contributed by atoms with van der Waals surface area (Å²) in [5.41, 5.74) is 6.62. The predicted molar refractivity (Wildman–Crippen MR) is 91.8 cm³/mol. The third-order valence-electron chi connectivity index (χ3n) is 2.82. The van der Waals surface area contributed by atoms with E-state index in [1.165, 1.54) is 18.2 Å². The molecule has 6 heteroatoms. The number of anilines is 1. The van der Waals surface area contributed by atoms with Gasteiger partial charge in [-0.3, -0.25) is 9.59 Å². The van der Waals surface area contributed by atoms with E-state index in [9.17, 15) is 9.59 Å². The van der Waals surface area contributed by atoms with Crippen molar-refractivity contribution in [1.82, 2.24) is 0 Å². The quantitative estimate of drug-likeness (QED) is 0.792. The number of hydrogen-bond donors (Lipinski definition) is 2. The van der Waals surface area contributed by atoms with Crippen LogP contribution in [0.15, 0.2) is 53.0 Å². The molecule has 0 fully saturated rings. The van der Waals surface area contributed by atoms with Crippen molar-refractivity contribution in [1.29, 1.82) is 0 Å². The number of hydrogen-bond acceptors (Lipinski definition) is 2. The molecular weight excluding hydrogens is 368 g/mol. The van der Waals surface area contributed by atoms with E-state index >= 15 is 0 Å². The summed E-state index contributed by atoms with van der Waals surface area (Å²) in [5.74, 6) is -1.03. The molecule has 0 radical (unpaired) electrons. The van der Waals surface area contributed by atoms with E-state index in [1.54, 1.807) is 12.1 Å². The highest BCUT2D eigenvalue weighted by molar-refractivity contribution is 9.10. The Morgan fingerprint density at radius 3 is 2.59 bits per heavy atom. The van der Waals surface area contributed by atoms with Crippen molar-refractivity contribution < 1.29 is 9.59 Å². The molecule has 4 nitrogen and oxygen atoms in total. The summed E-state index contributed by atoms with van der Waals surface area (Å²) in [5, 5.41) is 2.98. The summed E-state index contributed by atoms with van der Waals surface area (Å²) >= 11 is 9.21. The first-order valence-corrected chi connectivity index (χ1v) is 7.47. The van der Waals surface area contributed by atoms with Gasteiger partial charge in [-0.2, -0.15) is 0 Å². The zero-order valence-corrected chi connectivity index (χ0v) is 13.7. The number of nitrogens with two attached hydrogens (primary N) is 1. The van der Waals surface area contributed by atoms with Crippen molar-refractivity contribution in [2.75, 3.05) is 5.32 Å². The second-order valence-corrected chi connectivity index (χ2v) is 5.69. The van der Waals surface area contributed by atoms with Crippen LogP contribution in [0.25, 0.3) is 6.08 Å². The molecule has 22 heavy (non-hydrogen) atoms. The first-order valence-electron chi connectivity index (χ1n) is 6.30. The lowest BCUT2D eigenvalue weighted by molar-refractivity contribution is -0.111. The smallest absolute Gasteiger partial charge is 0.250 e. The van der Waals surface area contributed by atoms with Crippen LogP contribution in [0.2, 0.25) is 5.02 Å². The Balaban J connectivity index is 2.16. The van der Waals surface area contributed by atoms with Crippen LogP contribution >= 0.6 is 27.5 Å². The Kier molecular flexibility index (Phi) is 5.35. The van der Waals surface area contributed by atoms with Crippen LogP contribution in [0.5, 0.6) is 0 Å². The molecule has 0 atom stereocenters. The molecule has 0 heterocycles. The molecule has 0 saturated heterocycles. The lowest BCUT2D eigenvalue weighted by atomic mass is 10.1. The molecular formula is C16H12BrClN2O2. The largest absolute Gasteiger partial charge is 0.366 e. The van der Waals surface area contributed by atoms with E-state index in [-0.39, 0.29) is 11.5 Å². The van der Waals surface area contributed by atoms with Crippen molar-refractivity contribution in [3.63, 3.8) is 0 Å². The Morgan fingerprint density at radius 1 is 1.18 bits per heavy atom. The lowest BCUT2D eigenvalue weighted by Gasteiger charge is -2.07. The molecule has 3 N–H and O–H groups in total. The number of primary amides is 1. The molecule has 0 saturated carbocycles. The van der Waals surface area contributed by atoms with Crippen LogP contribution in [-0.2, 0) is 4.79 Å². The van der Waals surface area contributed by atoms with E-state index in [4.69, 9.17) is 17.3 Å². The Morgan fingerprint density at radius 2 is 1.91 bits per heavy atom. The lowest BCUT2D eigenvalue weighted by Crippen LogP contribution is -2.16. The Bertz CT molecular complexity index is 760. The molecule has 2 aromatic carbocycles. The number of nitrogens with one attached hydrogen (secondary N) is 1. The minimum Gasteiger partial charge on any atom is -0.366 e. The van der Waals surface area contributed by atoms with E-state index in [1.807, 2.05) is 24.3 Å². The zero-order valence-electron chi connectivity index (χ0n) is 11.3. The van der Waals surface area contributed by atoms with Gasteiger partial charge in [-0.1, -0.05) is 45.7 Å². The van der Waals surface area contributed by atoms with Gasteiger partial charge < -0.3 is 11.1 Å². The van der Waals surface area contributed by atoms with Crippen LogP contribution in [-0.4, -0.2) is 11.8 Å². The highest BCUT2D eigenvalue weighted by Crippen LogP contribution is 2.21. The average molecular weight is 380 g/mol. The van der Waals surface area contributed by atoms with Gasteiger partial charge in [0.25, 0.3) is 5.91 Å². The van der Waals surface area contributed by atoms with Gasteiger partial charge in [-0.05, 0) is 35.9 Å². The van der Waals surface area contributed by atoms with Gasteiger partial charge in [0, 0.05) is 15.6 Å². The number of benzene rings is 2. The van der Waals surface area contributed by atoms with Crippen LogP contribution in [0, 0.1) is 0 Å². The van der Waals surface area contributed by atoms with Gasteiger partial charge >= 0.3 is 0 Å². The fourth-order valence-electron chi connectivity index (χ4n) is 1.78. The summed E-state index contributed by atoms with van der Waals surface area (Å²) in [6.45, 7) is 0. The summed E-state index contributed by atoms with van der Waals surface area (Å²) in [7, 11) is 0. The summed E-state index contributed by atoms with van der Waals surface area (Å²) in [4.78, 5) is 23.3. The first kappa shape index (κ1) is 16.3. The summed E-state index contributed by atoms with van der Waals surface area (Å²) in [6, 6.07) is 12.0. The van der Waals surface area contributed by atoms with Crippen molar-refractivity contribution >= 4 is 51.1 Å². The first-order chi connectivity index (χ1) is 10.5. The second kappa shape index (κ2) is 7.24. The summed E-state index contributed by atoms with van der Waals surface area (Å²) in [6.07, 6.45) is 3.04. The predicted octanol–water partition coefficient (Wildman–Crippen LogP) is 3.85. The van der Waals surface area contributed by atoms with E-state index in [2.05, 4.69) is 21.2 Å². The molecule has 112 valence electrons. The molecule has 0 aliphatic rings. The monoisotopic (exact) mass is 378 g/mol. The van der Waals surface area contributed by atoms with Gasteiger partial charge in [0.05, 0.1) is 11.3 Å². The van der Waals surface area contributed by atoms with Gasteiger partial charge in [0.2, 0.25) is 5.91 Å². The standard InChI is InChI=1S/C16H12BrClN2O2/c17-13-4-2-1-3-10(13)5-8-15(21)20-14-7-6-11(18)9-12(14)16(19)22/h1-9H,(H2,19,22)(H,20,21)/b8-5+. The van der Waals surface area contributed by atoms with E-state index in [0.717, 1.165) is 10.0 Å². The molecule has 0 bridgehead atoms. The number of carbonyl (C=O) groups is 2. The Hall–Kier alpha value is -2.11. The van der Waals surface area contributed by atoms with Crippen molar-refractivity contribution in [3.05, 3.63) is 69.2 Å². The SMILES string of the molecule is NC(=O)c1cc(Cl)ccc1NC(=O)/C=C/c1ccccc1Br. The van der Waals surface area contributed by atoms with Gasteiger partial charge in [0.1, 0.15) is 0 Å². The van der Waals surface area contributed by atoms with E-state index in [0.29, 0.717) is 10.7 Å². The maximum atomic E-state index is 12.0. The van der Waals surface area contributed by atoms with Crippen LogP contribution in [0.1, 0.15) is 15.9 Å². The number of rotatable bonds is 4.